The number of aromatic nitrogens is 6. The number of phenols is 1. The van der Waals surface area contributed by atoms with Gasteiger partial charge in [0.05, 0.1) is 77.4 Å². The number of ether oxygens (including phenoxy) is 6. The molecule has 0 aliphatic carbocycles. The van der Waals surface area contributed by atoms with Crippen LogP contribution in [0, 0.1) is 0 Å². The molecule has 27 heteroatoms. The molecule has 0 saturated carbocycles. The first-order valence-electron chi connectivity index (χ1n) is 38.9. The lowest BCUT2D eigenvalue weighted by atomic mass is 10.0. The van der Waals surface area contributed by atoms with Crippen molar-refractivity contribution in [2.75, 3.05) is 39.6 Å². The summed E-state index contributed by atoms with van der Waals surface area (Å²) >= 11 is 0. The lowest BCUT2D eigenvalue weighted by Gasteiger charge is -2.20. The fourth-order valence-electron chi connectivity index (χ4n) is 12.7. The molecular weight excluding hydrogens is 1590 g/mol. The molecule has 5 heterocycles. The van der Waals surface area contributed by atoms with Crippen LogP contribution in [0.3, 0.4) is 0 Å². The summed E-state index contributed by atoms with van der Waals surface area (Å²) in [6, 6.07) is 92.3. The molecule has 26 nitrogen and oxygen atoms in total. The number of hydrogen-bond acceptors (Lipinski definition) is 20. The Hall–Kier alpha value is -13.7. The van der Waals surface area contributed by atoms with Gasteiger partial charge < -0.3 is 48.8 Å². The molecule has 13 aromatic rings. The van der Waals surface area contributed by atoms with Gasteiger partial charge in [0.2, 0.25) is 0 Å². The van der Waals surface area contributed by atoms with Crippen LogP contribution in [0.5, 0.6) is 23.0 Å². The van der Waals surface area contributed by atoms with Crippen LogP contribution >= 0.6 is 7.92 Å². The predicted molar refractivity (Wildman–Crippen MR) is 468 cm³/mol. The van der Waals surface area contributed by atoms with Crippen molar-refractivity contribution in [3.63, 3.8) is 0 Å². The normalized spacial score (nSPS) is 14.5. The third-order valence-electron chi connectivity index (χ3n) is 19.3. The Morgan fingerprint density at radius 3 is 0.691 bits per heavy atom. The van der Waals surface area contributed by atoms with Crippen LogP contribution in [0.1, 0.15) is 78.5 Å². The zero-order chi connectivity index (χ0) is 84.7. The van der Waals surface area contributed by atoms with E-state index in [1.54, 1.807) is 152 Å². The zero-order valence-electron chi connectivity index (χ0n) is 65.3. The Balaban J connectivity index is 0.000000205. The Morgan fingerprint density at radius 2 is 0.480 bits per heavy atom. The lowest BCUT2D eigenvalue weighted by Crippen LogP contribution is -2.57. The van der Waals surface area contributed by atoms with Crippen molar-refractivity contribution >= 4 is 47.0 Å². The van der Waals surface area contributed by atoms with Crippen molar-refractivity contribution < 1.29 is 68.0 Å². The van der Waals surface area contributed by atoms with E-state index < -0.39 is 99.8 Å². The maximum atomic E-state index is 13.8. The first-order chi connectivity index (χ1) is 58.8. The highest BCUT2D eigenvalue weighted by atomic mass is 31.1. The summed E-state index contributed by atoms with van der Waals surface area (Å²) < 4.78 is 37.4. The fraction of sp³-hybridized carbons (Fsp3) is 0.208. The van der Waals surface area contributed by atoms with Crippen LogP contribution in [0.4, 0.5) is 0 Å². The van der Waals surface area contributed by atoms with Crippen molar-refractivity contribution in [3.05, 3.63) is 417 Å². The van der Waals surface area contributed by atoms with E-state index in [-0.39, 0.29) is 98.9 Å². The average Bonchev–Trinajstić information content (AvgIpc) is 1.37. The number of hydrogen-bond donors (Lipinski definition) is 4. The second-order valence-corrected chi connectivity index (χ2v) is 30.6. The quantitative estimate of drug-likeness (QED) is 0.0174. The number of benzene rings is 11. The Labute approximate surface area is 708 Å². The van der Waals surface area contributed by atoms with Crippen LogP contribution in [-0.4, -0.2) is 147 Å². The van der Waals surface area contributed by atoms with Crippen LogP contribution in [0.2, 0.25) is 0 Å². The minimum Gasteiger partial charge on any atom is -0.508 e. The maximum Gasteiger partial charge on any atom is 0.336 e. The molecule has 3 saturated heterocycles. The molecule has 0 radical (unpaired) electrons. The molecule has 0 bridgehead atoms. The van der Waals surface area contributed by atoms with E-state index in [1.165, 1.54) is 64.4 Å². The SMILES string of the molecule is C.C.O=C(c1ccccc1)c1ccc(O)cc1.O=C(c1ccccc1)c1ccc(OCC(O)Cn2c(=O)n(CC(O)COc3ccc(C(=O)c4ccccc4)cc3)c(=O)n(CC(O)COc3ccc(C(=O)c4ccccc4)cc3)c2=O)cc1.O=c1n(CC2CO2)c(=O)n(CC2CO2)c(=O)n1CC1CO1.c1ccc(P(c2ccccc2)c2ccccc2)cc1. The summed E-state index contributed by atoms with van der Waals surface area (Å²) in [5.41, 5.74) is -1.26. The summed E-state index contributed by atoms with van der Waals surface area (Å²) in [4.78, 5) is 129. The maximum absolute atomic E-state index is 13.8. The Bertz CT molecular complexity index is 5460. The Kier molecular flexibility index (Phi) is 31.9. The van der Waals surface area contributed by atoms with Crippen LogP contribution in [-0.2, 0) is 53.5 Å². The van der Waals surface area contributed by atoms with Gasteiger partial charge in [0.25, 0.3) is 0 Å². The highest BCUT2D eigenvalue weighted by molar-refractivity contribution is 7.79. The number of carbonyl (C=O) groups excluding carboxylic acids is 4. The van der Waals surface area contributed by atoms with Crippen LogP contribution < -0.4 is 64.3 Å². The van der Waals surface area contributed by atoms with E-state index in [2.05, 4.69) is 91.0 Å². The summed E-state index contributed by atoms with van der Waals surface area (Å²) in [5, 5.41) is 46.4. The highest BCUT2D eigenvalue weighted by Gasteiger charge is 2.32. The number of aromatic hydroxyl groups is 1. The first-order valence-corrected chi connectivity index (χ1v) is 40.2. The van der Waals surface area contributed by atoms with E-state index in [0.717, 1.165) is 13.7 Å². The smallest absolute Gasteiger partial charge is 0.336 e. The molecule has 123 heavy (non-hydrogen) atoms. The predicted octanol–water partition coefficient (Wildman–Crippen LogP) is 8.89. The summed E-state index contributed by atoms with van der Waals surface area (Å²) in [6.07, 6.45) is -4.79. The Morgan fingerprint density at radius 1 is 0.293 bits per heavy atom. The highest BCUT2D eigenvalue weighted by Crippen LogP contribution is 2.32. The van der Waals surface area contributed by atoms with Gasteiger partial charge in [-0.3, -0.25) is 19.2 Å². The molecule has 6 atom stereocenters. The molecule has 6 unspecified atom stereocenters. The molecule has 16 rings (SSSR count). The van der Waals surface area contributed by atoms with E-state index in [4.69, 9.17) is 33.5 Å². The lowest BCUT2D eigenvalue weighted by molar-refractivity contribution is 0.0748. The summed E-state index contributed by atoms with van der Waals surface area (Å²) in [6.45, 7) is -1.05. The summed E-state index contributed by atoms with van der Waals surface area (Å²) in [5.74, 6) is 0.406. The number of rotatable bonds is 32. The fourth-order valence-corrected chi connectivity index (χ4v) is 15.0. The second kappa shape index (κ2) is 43.5. The van der Waals surface area contributed by atoms with Gasteiger partial charge in [0.1, 0.15) is 61.1 Å². The van der Waals surface area contributed by atoms with Crippen molar-refractivity contribution in [3.8, 4) is 23.0 Å². The first kappa shape index (κ1) is 90.1. The molecule has 0 amide bonds. The van der Waals surface area contributed by atoms with Crippen molar-refractivity contribution in [2.24, 2.45) is 0 Å². The molecule has 2 aromatic heterocycles. The molecular formula is C96H93N6O20P. The van der Waals surface area contributed by atoms with Gasteiger partial charge >= 0.3 is 34.1 Å². The van der Waals surface area contributed by atoms with E-state index in [9.17, 15) is 63.3 Å². The van der Waals surface area contributed by atoms with Gasteiger partial charge in [-0.15, -0.1) is 0 Å². The molecule has 3 aliphatic rings. The topological polar surface area (TPSA) is 346 Å². The van der Waals surface area contributed by atoms with Gasteiger partial charge in [-0.1, -0.05) is 227 Å². The zero-order valence-corrected chi connectivity index (χ0v) is 66.2. The largest absolute Gasteiger partial charge is 0.508 e. The molecule has 3 fully saturated rings. The molecule has 3 aliphatic heterocycles. The number of epoxide rings is 3. The minimum atomic E-state index is -1.48. The minimum absolute atomic E-state index is 0. The third-order valence-corrected chi connectivity index (χ3v) is 21.8. The third kappa shape index (κ3) is 24.8. The van der Waals surface area contributed by atoms with Crippen LogP contribution in [0.25, 0.3) is 0 Å². The van der Waals surface area contributed by atoms with E-state index >= 15 is 0 Å². The van der Waals surface area contributed by atoms with Gasteiger partial charge in [-0.05, 0) is 121 Å². The molecule has 0 spiro atoms. The van der Waals surface area contributed by atoms with Crippen molar-refractivity contribution in [1.29, 1.82) is 0 Å². The number of aliphatic hydroxyl groups is 3. The molecule has 11 aromatic carbocycles. The van der Waals surface area contributed by atoms with Crippen molar-refractivity contribution in [2.45, 2.75) is 90.7 Å². The number of aliphatic hydroxyl groups excluding tert-OH is 3. The average molecular weight is 1680 g/mol. The van der Waals surface area contributed by atoms with E-state index in [0.29, 0.717) is 78.0 Å². The molecule has 4 N–H and O–H groups in total. The number of nitrogens with zero attached hydrogens (tertiary/aromatic N) is 6. The second-order valence-electron chi connectivity index (χ2n) is 28.4. The van der Waals surface area contributed by atoms with E-state index in [1.807, 2.05) is 18.2 Å². The van der Waals surface area contributed by atoms with Gasteiger partial charge in [0, 0.05) is 44.5 Å². The monoisotopic (exact) mass is 1680 g/mol. The van der Waals surface area contributed by atoms with Crippen molar-refractivity contribution in [1.82, 2.24) is 27.4 Å². The number of ketones is 4. The van der Waals surface area contributed by atoms with Gasteiger partial charge in [0.15, 0.2) is 23.1 Å². The van der Waals surface area contributed by atoms with Gasteiger partial charge in [-0.25, -0.2) is 56.2 Å². The number of carbonyl (C=O) groups is 4. The molecule has 632 valence electrons. The number of phenolic OH excluding ortho intramolecular Hbond substituents is 1. The van der Waals surface area contributed by atoms with Gasteiger partial charge in [-0.2, -0.15) is 0 Å². The summed E-state index contributed by atoms with van der Waals surface area (Å²) in [7, 11) is -0.446. The standard InChI is InChI=1S/C51H45N3O12.C18H15P.C13H10O2.C12H15N3O6.2CH4/c55-40(31-64-43-22-16-37(17-23-43)46(58)34-10-4-1-5-11-34)28-52-49(61)53(29-41(56)32-65-44-24-18-38(19-25-44)47(59)35-12-6-2-7-13-35)51(63)54(50(52)62)30-42(57)33-66-45-26-20-39(21-27-45)48(60)36-14-8-3-9-15-36;1-4-10-16(11-5-1)19(17-12-6-2-7-13-17)18-14-8-3-9-15-18;14-12-8-6-11(7-9-12)13(15)10-4-2-1-3-5-10;16-10-13(1-7-4-19-7)11(17)15(3-9-6-21-9)12(18)14(10)2-8-5-20-8;;/h1-27,40-42,55-57H,28-33H2;1-15H;1-9,14H;7-9H,1-6H2;2*1H4. The van der Waals surface area contributed by atoms with Crippen LogP contribution in [0.15, 0.2) is 338 Å².